The van der Waals surface area contributed by atoms with Gasteiger partial charge in [0.15, 0.2) is 5.78 Å². The van der Waals surface area contributed by atoms with Crippen LogP contribution in [0.2, 0.25) is 0 Å². The van der Waals surface area contributed by atoms with Crippen molar-refractivity contribution in [1.82, 2.24) is 14.7 Å². The van der Waals surface area contributed by atoms with Crippen molar-refractivity contribution in [1.29, 1.82) is 0 Å². The molecule has 1 aliphatic heterocycles. The molecule has 1 heterocycles. The van der Waals surface area contributed by atoms with E-state index in [1.54, 1.807) is 0 Å². The number of hydrogen-bond donors (Lipinski definition) is 0. The summed E-state index contributed by atoms with van der Waals surface area (Å²) in [6.07, 6.45) is 16.1. The number of piperazine rings is 1. The zero-order chi connectivity index (χ0) is 25.9. The summed E-state index contributed by atoms with van der Waals surface area (Å²) in [6, 6.07) is 16.8. The minimum Gasteiger partial charge on any atom is -0.301 e. The Labute approximate surface area is 225 Å². The van der Waals surface area contributed by atoms with Crippen LogP contribution in [-0.2, 0) is 6.42 Å². The number of benzene rings is 2. The molecule has 1 aliphatic carbocycles. The highest BCUT2D eigenvalue weighted by Gasteiger charge is 2.24. The van der Waals surface area contributed by atoms with E-state index in [-0.39, 0.29) is 5.78 Å². The van der Waals surface area contributed by atoms with Crippen molar-refractivity contribution >= 4 is 5.78 Å². The Bertz CT molecular complexity index is 993. The smallest absolute Gasteiger partial charge is 0.193 e. The lowest BCUT2D eigenvalue weighted by Gasteiger charge is -2.41. The van der Waals surface area contributed by atoms with E-state index in [2.05, 4.69) is 32.8 Å². The molecular weight excluding hydrogens is 454 g/mol. The van der Waals surface area contributed by atoms with Crippen LogP contribution in [0, 0.1) is 19.3 Å². The fraction of sp³-hybridized carbons (Fsp3) is 0.545. The van der Waals surface area contributed by atoms with Crippen LogP contribution in [0.4, 0.5) is 0 Å². The SMILES string of the molecule is C#CCN(CCCc1ccc(C(=O)c2ccc(C)cc2)cc1)CCCN1CCN(C2CCCCC2)CC1. The first-order valence-corrected chi connectivity index (χ1v) is 14.4. The number of ketones is 1. The number of terminal acetylenes is 1. The van der Waals surface area contributed by atoms with Crippen molar-refractivity contribution in [2.75, 3.05) is 52.4 Å². The third kappa shape index (κ3) is 8.54. The Hall–Kier alpha value is -2.45. The molecule has 0 unspecified atom stereocenters. The van der Waals surface area contributed by atoms with E-state index >= 15 is 0 Å². The van der Waals surface area contributed by atoms with Crippen LogP contribution >= 0.6 is 0 Å². The molecule has 0 aromatic heterocycles. The molecule has 37 heavy (non-hydrogen) atoms. The van der Waals surface area contributed by atoms with Crippen molar-refractivity contribution in [3.8, 4) is 12.3 Å². The van der Waals surface area contributed by atoms with E-state index in [9.17, 15) is 4.79 Å². The number of carbonyl (C=O) groups is 1. The fourth-order valence-corrected chi connectivity index (χ4v) is 5.92. The summed E-state index contributed by atoms with van der Waals surface area (Å²) in [7, 11) is 0. The highest BCUT2D eigenvalue weighted by molar-refractivity contribution is 6.08. The average molecular weight is 500 g/mol. The van der Waals surface area contributed by atoms with Gasteiger partial charge in [0.1, 0.15) is 0 Å². The van der Waals surface area contributed by atoms with Gasteiger partial charge in [0, 0.05) is 49.9 Å². The molecule has 0 amide bonds. The van der Waals surface area contributed by atoms with Crippen molar-refractivity contribution in [3.63, 3.8) is 0 Å². The minimum atomic E-state index is 0.0853. The number of hydrogen-bond acceptors (Lipinski definition) is 4. The molecule has 4 heteroatoms. The van der Waals surface area contributed by atoms with Crippen LogP contribution in [0.25, 0.3) is 0 Å². The normalized spacial score (nSPS) is 17.6. The first-order chi connectivity index (χ1) is 18.1. The first kappa shape index (κ1) is 27.6. The average Bonchev–Trinajstić information content (AvgIpc) is 2.94. The summed E-state index contributed by atoms with van der Waals surface area (Å²) in [5.74, 6) is 2.94. The first-order valence-electron chi connectivity index (χ1n) is 14.4. The fourth-order valence-electron chi connectivity index (χ4n) is 5.92. The van der Waals surface area contributed by atoms with E-state index in [0.717, 1.165) is 49.6 Å². The second-order valence-electron chi connectivity index (χ2n) is 11.0. The lowest BCUT2D eigenvalue weighted by molar-refractivity contribution is 0.0769. The maximum atomic E-state index is 12.7. The number of nitrogens with zero attached hydrogens (tertiary/aromatic N) is 3. The summed E-state index contributed by atoms with van der Waals surface area (Å²) in [6.45, 7) is 10.9. The molecule has 0 bridgehead atoms. The Morgan fingerprint density at radius 3 is 2.16 bits per heavy atom. The molecule has 1 saturated heterocycles. The van der Waals surface area contributed by atoms with Gasteiger partial charge in [-0.3, -0.25) is 14.6 Å². The van der Waals surface area contributed by atoms with Gasteiger partial charge in [0.25, 0.3) is 0 Å². The van der Waals surface area contributed by atoms with E-state index in [4.69, 9.17) is 6.42 Å². The molecule has 198 valence electrons. The molecule has 0 radical (unpaired) electrons. The predicted octanol–water partition coefficient (Wildman–Crippen LogP) is 5.43. The molecule has 0 N–H and O–H groups in total. The molecule has 2 aromatic rings. The zero-order valence-electron chi connectivity index (χ0n) is 22.8. The molecule has 2 aromatic carbocycles. The third-order valence-corrected chi connectivity index (χ3v) is 8.23. The lowest BCUT2D eigenvalue weighted by atomic mass is 9.94. The van der Waals surface area contributed by atoms with Crippen molar-refractivity contribution < 1.29 is 4.79 Å². The summed E-state index contributed by atoms with van der Waals surface area (Å²) in [4.78, 5) is 20.5. The predicted molar refractivity (Wildman–Crippen MR) is 154 cm³/mol. The summed E-state index contributed by atoms with van der Waals surface area (Å²) in [5.41, 5.74) is 3.94. The van der Waals surface area contributed by atoms with Crippen LogP contribution in [0.15, 0.2) is 48.5 Å². The van der Waals surface area contributed by atoms with Crippen molar-refractivity contribution in [2.24, 2.45) is 0 Å². The van der Waals surface area contributed by atoms with Crippen LogP contribution in [0.1, 0.15) is 72.0 Å². The second kappa shape index (κ2) is 14.5. The number of carbonyl (C=O) groups excluding carboxylic acids is 1. The van der Waals surface area contributed by atoms with E-state index in [1.807, 2.05) is 43.3 Å². The molecule has 4 nitrogen and oxygen atoms in total. The van der Waals surface area contributed by atoms with Gasteiger partial charge in [-0.15, -0.1) is 6.42 Å². The topological polar surface area (TPSA) is 26.8 Å². The number of aryl methyl sites for hydroxylation is 2. The standard InChI is InChI=1S/C33H45N3O/c1-3-20-34(22-8-23-35-24-26-36(27-25-35)32-10-5-4-6-11-32)21-7-9-29-14-18-31(19-15-29)33(37)30-16-12-28(2)13-17-30/h1,12-19,32H,4-11,20-27H2,2H3. The summed E-state index contributed by atoms with van der Waals surface area (Å²) < 4.78 is 0. The molecule has 0 spiro atoms. The Morgan fingerprint density at radius 2 is 1.51 bits per heavy atom. The molecular formula is C33H45N3O. The minimum absolute atomic E-state index is 0.0853. The van der Waals surface area contributed by atoms with Gasteiger partial charge < -0.3 is 4.90 Å². The van der Waals surface area contributed by atoms with Gasteiger partial charge in [-0.05, 0) is 57.7 Å². The second-order valence-corrected chi connectivity index (χ2v) is 11.0. The maximum Gasteiger partial charge on any atom is 0.193 e. The monoisotopic (exact) mass is 499 g/mol. The van der Waals surface area contributed by atoms with Gasteiger partial charge in [-0.1, -0.05) is 79.3 Å². The summed E-state index contributed by atoms with van der Waals surface area (Å²) in [5, 5.41) is 0. The van der Waals surface area contributed by atoms with Crippen molar-refractivity contribution in [3.05, 3.63) is 70.8 Å². The highest BCUT2D eigenvalue weighted by atomic mass is 16.1. The van der Waals surface area contributed by atoms with E-state index in [0.29, 0.717) is 0 Å². The third-order valence-electron chi connectivity index (χ3n) is 8.23. The molecule has 1 saturated carbocycles. The van der Waals surface area contributed by atoms with Gasteiger partial charge in [0.05, 0.1) is 6.54 Å². The zero-order valence-corrected chi connectivity index (χ0v) is 22.8. The van der Waals surface area contributed by atoms with Crippen LogP contribution in [0.3, 0.4) is 0 Å². The largest absolute Gasteiger partial charge is 0.301 e. The molecule has 2 fully saturated rings. The highest BCUT2D eigenvalue weighted by Crippen LogP contribution is 2.23. The van der Waals surface area contributed by atoms with Crippen LogP contribution in [-0.4, -0.2) is 78.9 Å². The van der Waals surface area contributed by atoms with Gasteiger partial charge >= 0.3 is 0 Å². The lowest BCUT2D eigenvalue weighted by Crippen LogP contribution is -2.51. The Balaban J connectivity index is 1.14. The van der Waals surface area contributed by atoms with Gasteiger partial charge in [-0.2, -0.15) is 0 Å². The Morgan fingerprint density at radius 1 is 0.892 bits per heavy atom. The molecule has 4 rings (SSSR count). The summed E-state index contributed by atoms with van der Waals surface area (Å²) >= 11 is 0. The van der Waals surface area contributed by atoms with Crippen molar-refractivity contribution in [2.45, 2.75) is 64.3 Å². The van der Waals surface area contributed by atoms with Crippen LogP contribution < -0.4 is 0 Å². The number of rotatable bonds is 12. The Kier molecular flexibility index (Phi) is 10.8. The van der Waals surface area contributed by atoms with Crippen LogP contribution in [0.5, 0.6) is 0 Å². The maximum absolute atomic E-state index is 12.7. The molecule has 2 aliphatic rings. The van der Waals surface area contributed by atoms with E-state index < -0.39 is 0 Å². The van der Waals surface area contributed by atoms with E-state index in [1.165, 1.54) is 82.4 Å². The quantitative estimate of drug-likeness (QED) is 0.287. The van der Waals surface area contributed by atoms with Gasteiger partial charge in [-0.25, -0.2) is 0 Å². The van der Waals surface area contributed by atoms with Gasteiger partial charge in [0.2, 0.25) is 0 Å². The molecule has 0 atom stereocenters.